The number of rotatable bonds is 36. The largest absolute Gasteiger partial charge is 0.466 e. The fourth-order valence-electron chi connectivity index (χ4n) is 6.78. The van der Waals surface area contributed by atoms with Crippen molar-refractivity contribution in [2.24, 2.45) is 23.7 Å². The molecule has 0 N–H and O–H groups in total. The summed E-state index contributed by atoms with van der Waals surface area (Å²) in [5.74, 6) is 3.27. The maximum absolute atomic E-state index is 12.1. The number of esters is 1. The van der Waals surface area contributed by atoms with E-state index in [1.807, 2.05) is 0 Å². The Labute approximate surface area is 291 Å². The van der Waals surface area contributed by atoms with Gasteiger partial charge in [-0.3, -0.25) is 4.79 Å². The molecule has 2 heteroatoms. The molecule has 0 aliphatic carbocycles. The maximum atomic E-state index is 12.1. The van der Waals surface area contributed by atoms with Crippen molar-refractivity contribution >= 4 is 5.97 Å². The topological polar surface area (TPSA) is 26.3 Å². The van der Waals surface area contributed by atoms with E-state index in [0.717, 1.165) is 30.6 Å². The SMILES string of the molecule is CCCCCCCC/C=C\CCCCCCCCCCCCCC(=O)OCCC(C)CCCC(C)CCCC(C)CCCC(C)C. The molecule has 0 radical (unpaired) electrons. The fourth-order valence-corrected chi connectivity index (χ4v) is 6.78. The van der Waals surface area contributed by atoms with Crippen molar-refractivity contribution in [3.63, 3.8) is 0 Å². The van der Waals surface area contributed by atoms with E-state index in [1.54, 1.807) is 0 Å². The molecule has 0 heterocycles. The number of hydrogen-bond acceptors (Lipinski definition) is 2. The summed E-state index contributed by atoms with van der Waals surface area (Å²) in [4.78, 5) is 12.1. The molecule has 0 aromatic carbocycles. The van der Waals surface area contributed by atoms with Crippen molar-refractivity contribution in [2.75, 3.05) is 6.61 Å². The van der Waals surface area contributed by atoms with Crippen LogP contribution in [0.2, 0.25) is 0 Å². The highest BCUT2D eigenvalue weighted by atomic mass is 16.5. The summed E-state index contributed by atoms with van der Waals surface area (Å²) in [5, 5.41) is 0. The lowest BCUT2D eigenvalue weighted by atomic mass is 9.91. The highest BCUT2D eigenvalue weighted by molar-refractivity contribution is 5.69. The van der Waals surface area contributed by atoms with Gasteiger partial charge >= 0.3 is 5.97 Å². The Bertz CT molecular complexity index is 638. The van der Waals surface area contributed by atoms with Crippen LogP contribution in [-0.2, 0) is 9.53 Å². The molecule has 3 atom stereocenters. The summed E-state index contributed by atoms with van der Waals surface area (Å²) in [6.45, 7) is 14.8. The van der Waals surface area contributed by atoms with Crippen LogP contribution in [0.3, 0.4) is 0 Å². The lowest BCUT2D eigenvalue weighted by molar-refractivity contribution is -0.144. The zero-order valence-electron chi connectivity index (χ0n) is 32.7. The molecule has 0 saturated heterocycles. The molecule has 0 aromatic heterocycles. The Hall–Kier alpha value is -0.790. The van der Waals surface area contributed by atoms with Crippen LogP contribution in [0.5, 0.6) is 0 Å². The molecule has 0 aromatic rings. The minimum absolute atomic E-state index is 0.0209. The first-order valence-corrected chi connectivity index (χ1v) is 21.2. The molecule has 0 aliphatic rings. The van der Waals surface area contributed by atoms with Crippen molar-refractivity contribution in [3.8, 4) is 0 Å². The monoisotopic (exact) mass is 647 g/mol. The predicted octanol–water partition coefficient (Wildman–Crippen LogP) is 15.4. The molecule has 0 bridgehead atoms. The van der Waals surface area contributed by atoms with E-state index in [4.69, 9.17) is 4.74 Å². The molecule has 3 unspecified atom stereocenters. The van der Waals surface area contributed by atoms with Crippen molar-refractivity contribution in [3.05, 3.63) is 12.2 Å². The van der Waals surface area contributed by atoms with Crippen LogP contribution < -0.4 is 0 Å². The van der Waals surface area contributed by atoms with E-state index < -0.39 is 0 Å². The molecule has 0 amide bonds. The Morgan fingerprint density at radius 3 is 1.26 bits per heavy atom. The van der Waals surface area contributed by atoms with E-state index in [2.05, 4.69) is 53.7 Å². The van der Waals surface area contributed by atoms with Crippen LogP contribution in [-0.4, -0.2) is 12.6 Å². The zero-order chi connectivity index (χ0) is 33.9. The van der Waals surface area contributed by atoms with Gasteiger partial charge in [0.25, 0.3) is 0 Å². The van der Waals surface area contributed by atoms with E-state index in [1.165, 1.54) is 173 Å². The lowest BCUT2D eigenvalue weighted by Gasteiger charge is -2.16. The molecular formula is C44H86O2. The number of allylic oxidation sites excluding steroid dienone is 2. The molecule has 0 fully saturated rings. The Morgan fingerprint density at radius 2 is 0.826 bits per heavy atom. The van der Waals surface area contributed by atoms with Crippen molar-refractivity contribution in [1.82, 2.24) is 0 Å². The van der Waals surface area contributed by atoms with Crippen LogP contribution in [0.25, 0.3) is 0 Å². The highest BCUT2D eigenvalue weighted by Crippen LogP contribution is 2.23. The van der Waals surface area contributed by atoms with E-state index in [9.17, 15) is 4.79 Å². The van der Waals surface area contributed by atoms with Crippen LogP contribution in [0, 0.1) is 23.7 Å². The van der Waals surface area contributed by atoms with Crippen LogP contribution >= 0.6 is 0 Å². The lowest BCUT2D eigenvalue weighted by Crippen LogP contribution is -2.09. The number of carbonyl (C=O) groups excluding carboxylic acids is 1. The maximum Gasteiger partial charge on any atom is 0.305 e. The highest BCUT2D eigenvalue weighted by Gasteiger charge is 2.09. The van der Waals surface area contributed by atoms with Crippen molar-refractivity contribution < 1.29 is 9.53 Å². The van der Waals surface area contributed by atoms with E-state index >= 15 is 0 Å². The third-order valence-electron chi connectivity index (χ3n) is 10.3. The van der Waals surface area contributed by atoms with Crippen LogP contribution in [0.15, 0.2) is 12.2 Å². The van der Waals surface area contributed by atoms with Gasteiger partial charge < -0.3 is 4.74 Å². The minimum atomic E-state index is 0.0209. The predicted molar refractivity (Wildman–Crippen MR) is 207 cm³/mol. The fraction of sp³-hybridized carbons (Fsp3) is 0.932. The number of carbonyl (C=O) groups is 1. The van der Waals surface area contributed by atoms with Gasteiger partial charge in [0, 0.05) is 6.42 Å². The number of ether oxygens (including phenoxy) is 1. The summed E-state index contributed by atoms with van der Waals surface area (Å²) in [7, 11) is 0. The summed E-state index contributed by atoms with van der Waals surface area (Å²) in [6, 6.07) is 0. The quantitative estimate of drug-likeness (QED) is 0.0384. The van der Waals surface area contributed by atoms with E-state index in [0.29, 0.717) is 18.9 Å². The van der Waals surface area contributed by atoms with Gasteiger partial charge in [-0.1, -0.05) is 201 Å². The Morgan fingerprint density at radius 1 is 0.457 bits per heavy atom. The second-order valence-corrected chi connectivity index (χ2v) is 16.0. The van der Waals surface area contributed by atoms with E-state index in [-0.39, 0.29) is 5.97 Å². The number of hydrogen-bond donors (Lipinski definition) is 0. The first-order chi connectivity index (χ1) is 22.3. The molecular weight excluding hydrogens is 560 g/mol. The molecule has 2 nitrogen and oxygen atoms in total. The van der Waals surface area contributed by atoms with Gasteiger partial charge in [-0.15, -0.1) is 0 Å². The average molecular weight is 647 g/mol. The van der Waals surface area contributed by atoms with Gasteiger partial charge in [-0.05, 0) is 62.2 Å². The second kappa shape index (κ2) is 35.5. The summed E-state index contributed by atoms with van der Waals surface area (Å²) >= 11 is 0. The molecule has 0 saturated carbocycles. The molecule has 46 heavy (non-hydrogen) atoms. The number of unbranched alkanes of at least 4 members (excludes halogenated alkanes) is 17. The molecule has 0 rings (SSSR count). The Balaban J connectivity index is 3.41. The van der Waals surface area contributed by atoms with Crippen LogP contribution in [0.4, 0.5) is 0 Å². The first-order valence-electron chi connectivity index (χ1n) is 21.2. The van der Waals surface area contributed by atoms with Gasteiger partial charge in [-0.2, -0.15) is 0 Å². The summed E-state index contributed by atoms with van der Waals surface area (Å²) in [6.07, 6.45) is 44.2. The van der Waals surface area contributed by atoms with Gasteiger partial charge in [0.05, 0.1) is 6.61 Å². The van der Waals surface area contributed by atoms with Gasteiger partial charge in [0.1, 0.15) is 0 Å². The van der Waals surface area contributed by atoms with Gasteiger partial charge in [-0.25, -0.2) is 0 Å². The first kappa shape index (κ1) is 45.2. The van der Waals surface area contributed by atoms with Crippen molar-refractivity contribution in [2.45, 2.75) is 234 Å². The Kier molecular flexibility index (Phi) is 34.9. The second-order valence-electron chi connectivity index (χ2n) is 16.0. The third-order valence-corrected chi connectivity index (χ3v) is 10.3. The van der Waals surface area contributed by atoms with Gasteiger partial charge in [0.2, 0.25) is 0 Å². The average Bonchev–Trinajstić information content (AvgIpc) is 3.01. The third kappa shape index (κ3) is 36.1. The molecule has 0 spiro atoms. The van der Waals surface area contributed by atoms with Crippen molar-refractivity contribution in [1.29, 1.82) is 0 Å². The molecule has 274 valence electrons. The summed E-state index contributed by atoms with van der Waals surface area (Å²) in [5.41, 5.74) is 0. The van der Waals surface area contributed by atoms with Crippen LogP contribution in [0.1, 0.15) is 234 Å². The smallest absolute Gasteiger partial charge is 0.305 e. The zero-order valence-corrected chi connectivity index (χ0v) is 32.7. The minimum Gasteiger partial charge on any atom is -0.466 e. The molecule has 0 aliphatic heterocycles. The summed E-state index contributed by atoms with van der Waals surface area (Å²) < 4.78 is 5.56. The normalized spacial score (nSPS) is 13.9. The standard InChI is InChI=1S/C44H86O2/c1-7-8-9-10-11-12-13-14-15-16-17-18-19-20-21-22-23-24-25-26-27-37-44(45)46-39-38-43(6)36-30-35-42(5)34-29-33-41(4)32-28-31-40(2)3/h14-15,40-43H,7-13,16-39H2,1-6H3/b15-14-. The van der Waals surface area contributed by atoms with Gasteiger partial charge in [0.15, 0.2) is 0 Å².